The summed E-state index contributed by atoms with van der Waals surface area (Å²) >= 11 is 0. The monoisotopic (exact) mass is 437 g/mol. The highest BCUT2D eigenvalue weighted by atomic mass is 16.2. The first kappa shape index (κ1) is 29.1. The molecule has 0 aliphatic carbocycles. The third-order valence-electron chi connectivity index (χ3n) is 5.17. The first-order valence-corrected chi connectivity index (χ1v) is 12.5. The van der Waals surface area contributed by atoms with Gasteiger partial charge in [0.2, 0.25) is 17.7 Å². The molecule has 0 aliphatic heterocycles. The minimum absolute atomic E-state index is 0.0732. The maximum atomic E-state index is 12.5. The van der Waals surface area contributed by atoms with Crippen LogP contribution in [0.1, 0.15) is 111 Å². The average molecular weight is 438 g/mol. The van der Waals surface area contributed by atoms with Crippen molar-refractivity contribution in [2.24, 2.45) is 0 Å². The van der Waals surface area contributed by atoms with E-state index in [1.807, 2.05) is 0 Å². The Labute approximate surface area is 190 Å². The minimum Gasteiger partial charge on any atom is -0.356 e. The number of rotatable bonds is 20. The summed E-state index contributed by atoms with van der Waals surface area (Å²) in [7, 11) is 0. The van der Waals surface area contributed by atoms with Crippen LogP contribution in [0.4, 0.5) is 0 Å². The average Bonchev–Trinajstić information content (AvgIpc) is 2.75. The lowest BCUT2D eigenvalue weighted by Gasteiger charge is -2.18. The van der Waals surface area contributed by atoms with Crippen LogP contribution in [-0.2, 0) is 14.4 Å². The van der Waals surface area contributed by atoms with E-state index < -0.39 is 6.04 Å². The van der Waals surface area contributed by atoms with Crippen molar-refractivity contribution in [3.63, 3.8) is 0 Å². The third kappa shape index (κ3) is 18.6. The molecule has 0 saturated heterocycles. The number of amides is 3. The predicted molar refractivity (Wildman–Crippen MR) is 129 cm³/mol. The molecule has 0 fully saturated rings. The molecular weight excluding hydrogens is 390 g/mol. The number of nitrogens with one attached hydrogen (secondary N) is 3. The van der Waals surface area contributed by atoms with Gasteiger partial charge in [-0.3, -0.25) is 14.4 Å². The molecule has 31 heavy (non-hydrogen) atoms. The Kier molecular flexibility index (Phi) is 20.1. The summed E-state index contributed by atoms with van der Waals surface area (Å²) in [6.45, 7) is 7.59. The summed E-state index contributed by atoms with van der Waals surface area (Å²) in [6, 6.07) is -0.663. The summed E-state index contributed by atoms with van der Waals surface area (Å²) in [5, 5.41) is 8.56. The van der Waals surface area contributed by atoms with Crippen molar-refractivity contribution >= 4 is 17.7 Å². The molecule has 0 unspecified atom stereocenters. The normalized spacial score (nSPS) is 12.0. The standard InChI is InChI=1S/C25H47N3O3/c1-4-7-10-11-12-13-14-15-16-17-24(30)28-22(25(31)27-21-9-6-3)18-19-23(29)26-20-8-5-2/h14-15,22H,4-13,16-21H2,1-3H3,(H,26,29)(H,27,31)(H,28,30)/b15-14+/t22-/m0/s1. The Morgan fingerprint density at radius 1 is 0.677 bits per heavy atom. The van der Waals surface area contributed by atoms with Crippen molar-refractivity contribution in [3.8, 4) is 0 Å². The molecule has 0 bridgehead atoms. The maximum absolute atomic E-state index is 12.5. The maximum Gasteiger partial charge on any atom is 0.242 e. The van der Waals surface area contributed by atoms with Gasteiger partial charge in [-0.1, -0.05) is 71.4 Å². The van der Waals surface area contributed by atoms with Crippen LogP contribution in [0.5, 0.6) is 0 Å². The van der Waals surface area contributed by atoms with E-state index in [0.717, 1.165) is 32.1 Å². The molecule has 6 heteroatoms. The van der Waals surface area contributed by atoms with Gasteiger partial charge in [0.05, 0.1) is 0 Å². The molecule has 0 saturated carbocycles. The van der Waals surface area contributed by atoms with Crippen molar-refractivity contribution in [1.29, 1.82) is 0 Å². The molecule has 0 heterocycles. The highest BCUT2D eigenvalue weighted by Gasteiger charge is 2.21. The van der Waals surface area contributed by atoms with Gasteiger partial charge in [-0.15, -0.1) is 0 Å². The molecule has 0 spiro atoms. The van der Waals surface area contributed by atoms with Crippen molar-refractivity contribution in [2.45, 2.75) is 117 Å². The van der Waals surface area contributed by atoms with Crippen LogP contribution >= 0.6 is 0 Å². The summed E-state index contributed by atoms with van der Waals surface area (Å²) in [6.07, 6.45) is 17.0. The van der Waals surface area contributed by atoms with E-state index in [1.54, 1.807) is 0 Å². The second kappa shape index (κ2) is 21.4. The van der Waals surface area contributed by atoms with E-state index in [4.69, 9.17) is 0 Å². The SMILES string of the molecule is CCCCCCC/C=C/CCC(=O)N[C@@H](CCC(=O)NCCCC)C(=O)NCCCC. The van der Waals surface area contributed by atoms with Crippen LogP contribution in [0, 0.1) is 0 Å². The number of carbonyl (C=O) groups is 3. The molecule has 0 rings (SSSR count). The molecule has 0 aromatic heterocycles. The van der Waals surface area contributed by atoms with Gasteiger partial charge in [0.25, 0.3) is 0 Å². The Balaban J connectivity index is 4.34. The number of hydrogen-bond donors (Lipinski definition) is 3. The lowest BCUT2D eigenvalue weighted by Crippen LogP contribution is -2.47. The van der Waals surface area contributed by atoms with Gasteiger partial charge < -0.3 is 16.0 Å². The van der Waals surface area contributed by atoms with Crippen molar-refractivity contribution in [2.75, 3.05) is 13.1 Å². The lowest BCUT2D eigenvalue weighted by molar-refractivity contribution is -0.129. The van der Waals surface area contributed by atoms with Gasteiger partial charge in [0.1, 0.15) is 6.04 Å². The molecule has 0 aromatic rings. The van der Waals surface area contributed by atoms with Gasteiger partial charge in [0, 0.05) is 25.9 Å². The van der Waals surface area contributed by atoms with Gasteiger partial charge >= 0.3 is 0 Å². The number of allylic oxidation sites excluding steroid dienone is 2. The third-order valence-corrected chi connectivity index (χ3v) is 5.17. The Hall–Kier alpha value is -1.85. The fourth-order valence-electron chi connectivity index (χ4n) is 3.13. The second-order valence-electron chi connectivity index (χ2n) is 8.22. The highest BCUT2D eigenvalue weighted by Crippen LogP contribution is 2.06. The Bertz CT molecular complexity index is 506. The zero-order valence-corrected chi connectivity index (χ0v) is 20.3. The van der Waals surface area contributed by atoms with Gasteiger partial charge in [0.15, 0.2) is 0 Å². The van der Waals surface area contributed by atoms with Gasteiger partial charge in [-0.05, 0) is 38.5 Å². The number of unbranched alkanes of at least 4 members (excludes halogenated alkanes) is 7. The van der Waals surface area contributed by atoms with Gasteiger partial charge in [-0.2, -0.15) is 0 Å². The van der Waals surface area contributed by atoms with E-state index >= 15 is 0 Å². The van der Waals surface area contributed by atoms with E-state index in [-0.39, 0.29) is 24.1 Å². The van der Waals surface area contributed by atoms with E-state index in [9.17, 15) is 14.4 Å². The van der Waals surface area contributed by atoms with E-state index in [0.29, 0.717) is 32.4 Å². The zero-order chi connectivity index (χ0) is 23.2. The molecule has 0 radical (unpaired) electrons. The van der Waals surface area contributed by atoms with Crippen molar-refractivity contribution in [3.05, 3.63) is 12.2 Å². The van der Waals surface area contributed by atoms with Crippen LogP contribution < -0.4 is 16.0 Å². The number of hydrogen-bond acceptors (Lipinski definition) is 3. The van der Waals surface area contributed by atoms with E-state index in [1.165, 1.54) is 32.1 Å². The van der Waals surface area contributed by atoms with Crippen molar-refractivity contribution in [1.82, 2.24) is 16.0 Å². The smallest absolute Gasteiger partial charge is 0.242 e. The van der Waals surface area contributed by atoms with Crippen LogP contribution in [0.25, 0.3) is 0 Å². The molecule has 0 aliphatic rings. The molecule has 3 N–H and O–H groups in total. The summed E-state index contributed by atoms with van der Waals surface area (Å²) < 4.78 is 0. The van der Waals surface area contributed by atoms with Crippen molar-refractivity contribution < 1.29 is 14.4 Å². The summed E-state index contributed by atoms with van der Waals surface area (Å²) in [5.41, 5.74) is 0. The number of carbonyl (C=O) groups excluding carboxylic acids is 3. The molecular formula is C25H47N3O3. The Morgan fingerprint density at radius 2 is 1.29 bits per heavy atom. The highest BCUT2D eigenvalue weighted by molar-refractivity contribution is 5.88. The topological polar surface area (TPSA) is 87.3 Å². The molecule has 0 aromatic carbocycles. The fraction of sp³-hybridized carbons (Fsp3) is 0.800. The largest absolute Gasteiger partial charge is 0.356 e. The minimum atomic E-state index is -0.663. The first-order valence-electron chi connectivity index (χ1n) is 12.5. The molecule has 3 amide bonds. The summed E-state index contributed by atoms with van der Waals surface area (Å²) in [5.74, 6) is -0.420. The summed E-state index contributed by atoms with van der Waals surface area (Å²) in [4.78, 5) is 36.8. The quantitative estimate of drug-likeness (QED) is 0.189. The Morgan fingerprint density at radius 3 is 1.97 bits per heavy atom. The van der Waals surface area contributed by atoms with Crippen LogP contribution in [0.15, 0.2) is 12.2 Å². The molecule has 1 atom stereocenters. The van der Waals surface area contributed by atoms with Crippen LogP contribution in [-0.4, -0.2) is 36.9 Å². The van der Waals surface area contributed by atoms with Crippen LogP contribution in [0.3, 0.4) is 0 Å². The van der Waals surface area contributed by atoms with Crippen LogP contribution in [0.2, 0.25) is 0 Å². The zero-order valence-electron chi connectivity index (χ0n) is 20.3. The van der Waals surface area contributed by atoms with Gasteiger partial charge in [-0.25, -0.2) is 0 Å². The lowest BCUT2D eigenvalue weighted by atomic mass is 10.1. The fourth-order valence-corrected chi connectivity index (χ4v) is 3.13. The van der Waals surface area contributed by atoms with E-state index in [2.05, 4.69) is 48.9 Å². The second-order valence-corrected chi connectivity index (χ2v) is 8.22. The molecule has 180 valence electrons. The predicted octanol–water partition coefficient (Wildman–Crippen LogP) is 4.78. The first-order chi connectivity index (χ1) is 15.0. The molecule has 6 nitrogen and oxygen atoms in total.